The number of allylic oxidation sites excluding steroid dienone is 10. The molecule has 66 heavy (non-hydrogen) atoms. The molecule has 0 aromatic carbocycles. The van der Waals surface area contributed by atoms with E-state index in [1.165, 1.54) is 122 Å². The molecule has 0 aliphatic carbocycles. The van der Waals surface area contributed by atoms with E-state index in [0.717, 1.165) is 70.6 Å². The van der Waals surface area contributed by atoms with Crippen molar-refractivity contribution in [1.29, 1.82) is 0 Å². The molecular weight excluding hydrogens is 827 g/mol. The summed E-state index contributed by atoms with van der Waals surface area (Å²) in [6, 6.07) is 0. The zero-order chi connectivity index (χ0) is 48.4. The molecule has 2 atom stereocenters. The van der Waals surface area contributed by atoms with Crippen LogP contribution in [0.3, 0.4) is 0 Å². The van der Waals surface area contributed by atoms with Gasteiger partial charge in [0.2, 0.25) is 0 Å². The number of carboxylic acid groups (broad SMARTS) is 1. The van der Waals surface area contributed by atoms with E-state index in [1.807, 2.05) is 21.1 Å². The molecule has 0 saturated heterocycles. The minimum atomic E-state index is -1.52. The summed E-state index contributed by atoms with van der Waals surface area (Å²) in [7, 11) is 5.95. The number of esters is 2. The van der Waals surface area contributed by atoms with Crippen LogP contribution in [-0.4, -0.2) is 87.4 Å². The number of carboxylic acids is 1. The largest absolute Gasteiger partial charge is 0.477 e. The Labute approximate surface area is 405 Å². The Kier molecular flexibility index (Phi) is 46.2. The SMILES string of the molecule is CC/C=C\C/C=C\C/C=C\C/C=C\C/C=C\CCCCCC(=O)OC(COC(=O)CCCCCCCCCCCCCCCCCCCCCCCC)COC(OCC[N+](C)(C)C)C(=O)O. The fraction of sp³-hybridized carbons (Fsp3) is 0.772. The zero-order valence-electron chi connectivity index (χ0n) is 43.3. The first-order chi connectivity index (χ1) is 32.1. The highest BCUT2D eigenvalue weighted by atomic mass is 16.7. The van der Waals surface area contributed by atoms with E-state index in [1.54, 1.807) is 0 Å². The van der Waals surface area contributed by atoms with Gasteiger partial charge in [-0.15, -0.1) is 0 Å². The van der Waals surface area contributed by atoms with Crippen LogP contribution in [0.5, 0.6) is 0 Å². The van der Waals surface area contributed by atoms with Crippen LogP contribution in [0.4, 0.5) is 0 Å². The molecular formula is C57H102NO8+. The molecule has 9 heteroatoms. The summed E-state index contributed by atoms with van der Waals surface area (Å²) in [5, 5.41) is 9.68. The second-order valence-electron chi connectivity index (χ2n) is 19.2. The van der Waals surface area contributed by atoms with Crippen LogP contribution in [0.15, 0.2) is 60.8 Å². The summed E-state index contributed by atoms with van der Waals surface area (Å²) in [5.74, 6) is -2.05. The molecule has 0 rings (SSSR count). The third-order valence-electron chi connectivity index (χ3n) is 11.5. The smallest absolute Gasteiger partial charge is 0.361 e. The molecule has 1 N–H and O–H groups in total. The number of nitrogens with zero attached hydrogens (tertiary/aromatic N) is 1. The molecule has 0 amide bonds. The van der Waals surface area contributed by atoms with Gasteiger partial charge >= 0.3 is 17.9 Å². The average molecular weight is 929 g/mol. The van der Waals surface area contributed by atoms with Gasteiger partial charge in [-0.05, 0) is 57.8 Å². The van der Waals surface area contributed by atoms with Crippen molar-refractivity contribution in [1.82, 2.24) is 0 Å². The lowest BCUT2D eigenvalue weighted by atomic mass is 10.0. The van der Waals surface area contributed by atoms with E-state index in [0.29, 0.717) is 23.9 Å². The molecule has 9 nitrogen and oxygen atoms in total. The van der Waals surface area contributed by atoms with Gasteiger partial charge in [0.25, 0.3) is 6.29 Å². The van der Waals surface area contributed by atoms with Gasteiger partial charge in [-0.3, -0.25) is 9.59 Å². The van der Waals surface area contributed by atoms with Crippen molar-refractivity contribution in [2.75, 3.05) is 47.5 Å². The van der Waals surface area contributed by atoms with E-state index < -0.39 is 24.3 Å². The fourth-order valence-corrected chi connectivity index (χ4v) is 7.39. The van der Waals surface area contributed by atoms with Gasteiger partial charge in [0.05, 0.1) is 34.4 Å². The summed E-state index contributed by atoms with van der Waals surface area (Å²) in [6.45, 7) is 4.74. The van der Waals surface area contributed by atoms with Gasteiger partial charge in [-0.25, -0.2) is 4.79 Å². The maximum absolute atomic E-state index is 12.8. The molecule has 0 aliphatic rings. The summed E-state index contributed by atoms with van der Waals surface area (Å²) in [4.78, 5) is 37.3. The molecule has 0 radical (unpaired) electrons. The lowest BCUT2D eigenvalue weighted by molar-refractivity contribution is -0.870. The normalized spacial score (nSPS) is 13.3. The van der Waals surface area contributed by atoms with Crippen molar-refractivity contribution >= 4 is 17.9 Å². The molecule has 0 bridgehead atoms. The predicted molar refractivity (Wildman–Crippen MR) is 276 cm³/mol. The Bertz CT molecular complexity index is 1270. The highest BCUT2D eigenvalue weighted by molar-refractivity contribution is 5.71. The number of unbranched alkanes of at least 4 members (excludes halogenated alkanes) is 24. The predicted octanol–water partition coefficient (Wildman–Crippen LogP) is 15.3. The number of aliphatic carboxylic acids is 1. The zero-order valence-corrected chi connectivity index (χ0v) is 43.3. The molecule has 0 saturated carbocycles. The standard InChI is InChI=1S/C57H101NO8/c1-6-8-10-12-14-16-18-20-22-24-26-27-28-30-31-33-35-37-39-41-43-45-47-54(59)64-51-53(52-65-57(56(61)62)63-50-49-58(3,4)5)66-55(60)48-46-44-42-40-38-36-34-32-29-25-23-21-19-17-15-13-11-9-7-2/h9,11,15,17,21,23,29,32,36,38,53,57H,6-8,10,12-14,16,18-20,22,24-28,30-31,33-35,37,39-52H2,1-5H3/p+1/b11-9-,17-15-,23-21-,32-29-,38-36-. The van der Waals surface area contributed by atoms with Crippen LogP contribution >= 0.6 is 0 Å². The van der Waals surface area contributed by atoms with Crippen molar-refractivity contribution in [3.63, 3.8) is 0 Å². The number of likely N-dealkylation sites (N-methyl/N-ethyl adjacent to an activating group) is 1. The quantitative estimate of drug-likeness (QED) is 0.0211. The van der Waals surface area contributed by atoms with E-state index in [2.05, 4.69) is 74.6 Å². The Morgan fingerprint density at radius 2 is 0.864 bits per heavy atom. The summed E-state index contributed by atoms with van der Waals surface area (Å²) in [6.07, 6.45) is 57.2. The Hall–Kier alpha value is -3.01. The lowest BCUT2D eigenvalue weighted by Crippen LogP contribution is -2.40. The number of ether oxygens (including phenoxy) is 4. The Morgan fingerprint density at radius 1 is 0.470 bits per heavy atom. The van der Waals surface area contributed by atoms with E-state index in [4.69, 9.17) is 18.9 Å². The van der Waals surface area contributed by atoms with Crippen LogP contribution in [0, 0.1) is 0 Å². The van der Waals surface area contributed by atoms with Gasteiger partial charge in [0, 0.05) is 12.8 Å². The number of quaternary nitrogens is 1. The number of hydrogen-bond donors (Lipinski definition) is 1. The van der Waals surface area contributed by atoms with Gasteiger partial charge < -0.3 is 28.5 Å². The number of hydrogen-bond acceptors (Lipinski definition) is 7. The molecule has 0 aromatic rings. The van der Waals surface area contributed by atoms with E-state index >= 15 is 0 Å². The van der Waals surface area contributed by atoms with Crippen molar-refractivity contribution in [2.24, 2.45) is 0 Å². The van der Waals surface area contributed by atoms with Crippen molar-refractivity contribution in [3.8, 4) is 0 Å². The van der Waals surface area contributed by atoms with Crippen molar-refractivity contribution in [3.05, 3.63) is 60.8 Å². The van der Waals surface area contributed by atoms with Gasteiger partial charge in [-0.1, -0.05) is 216 Å². The summed E-state index contributed by atoms with van der Waals surface area (Å²) >= 11 is 0. The van der Waals surface area contributed by atoms with Gasteiger partial charge in [0.15, 0.2) is 6.10 Å². The van der Waals surface area contributed by atoms with E-state index in [-0.39, 0.29) is 32.2 Å². The Morgan fingerprint density at radius 3 is 1.29 bits per heavy atom. The maximum Gasteiger partial charge on any atom is 0.361 e. The molecule has 0 aromatic heterocycles. The van der Waals surface area contributed by atoms with Crippen LogP contribution in [-0.2, 0) is 33.3 Å². The molecule has 0 heterocycles. The van der Waals surface area contributed by atoms with Crippen molar-refractivity contribution < 1.29 is 42.9 Å². The topological polar surface area (TPSA) is 108 Å². The highest BCUT2D eigenvalue weighted by Gasteiger charge is 2.25. The Balaban J connectivity index is 4.33. The number of carbonyl (C=O) groups excluding carboxylic acids is 2. The molecule has 0 fully saturated rings. The van der Waals surface area contributed by atoms with E-state index in [9.17, 15) is 19.5 Å². The van der Waals surface area contributed by atoms with Crippen LogP contribution in [0.1, 0.15) is 226 Å². The molecule has 0 aliphatic heterocycles. The lowest BCUT2D eigenvalue weighted by Gasteiger charge is -2.25. The first-order valence-corrected chi connectivity index (χ1v) is 27.0. The van der Waals surface area contributed by atoms with Gasteiger partial charge in [-0.2, -0.15) is 0 Å². The third kappa shape index (κ3) is 48.9. The second kappa shape index (κ2) is 48.4. The number of carbonyl (C=O) groups is 3. The van der Waals surface area contributed by atoms with Crippen LogP contribution < -0.4 is 0 Å². The van der Waals surface area contributed by atoms with Gasteiger partial charge in [0.1, 0.15) is 13.2 Å². The molecule has 0 spiro atoms. The third-order valence-corrected chi connectivity index (χ3v) is 11.5. The minimum Gasteiger partial charge on any atom is -0.477 e. The number of rotatable bonds is 49. The van der Waals surface area contributed by atoms with Crippen LogP contribution in [0.2, 0.25) is 0 Å². The molecule has 382 valence electrons. The highest BCUT2D eigenvalue weighted by Crippen LogP contribution is 2.16. The summed E-state index contributed by atoms with van der Waals surface area (Å²) in [5.41, 5.74) is 0. The van der Waals surface area contributed by atoms with Crippen LogP contribution in [0.25, 0.3) is 0 Å². The second-order valence-corrected chi connectivity index (χ2v) is 19.2. The summed E-state index contributed by atoms with van der Waals surface area (Å²) < 4.78 is 22.8. The first-order valence-electron chi connectivity index (χ1n) is 27.0. The van der Waals surface area contributed by atoms with Crippen molar-refractivity contribution in [2.45, 2.75) is 238 Å². The maximum atomic E-state index is 12.8. The monoisotopic (exact) mass is 929 g/mol. The minimum absolute atomic E-state index is 0.180. The first kappa shape index (κ1) is 63.0. The fourth-order valence-electron chi connectivity index (χ4n) is 7.39. The average Bonchev–Trinajstić information content (AvgIpc) is 3.28. The molecule has 2 unspecified atom stereocenters.